The maximum Gasteiger partial charge on any atom is 0.257 e. The maximum atomic E-state index is 13.5. The minimum Gasteiger partial charge on any atom is -0.493 e. The van der Waals surface area contributed by atoms with Crippen LogP contribution in [0.25, 0.3) is 0 Å². The van der Waals surface area contributed by atoms with E-state index in [0.717, 1.165) is 17.7 Å². The summed E-state index contributed by atoms with van der Waals surface area (Å²) in [5, 5.41) is 2.50. The van der Waals surface area contributed by atoms with Crippen molar-refractivity contribution >= 4 is 5.91 Å². The first kappa shape index (κ1) is 16.7. The molecule has 2 aromatic carbocycles. The van der Waals surface area contributed by atoms with Crippen molar-refractivity contribution in [2.45, 2.75) is 6.42 Å². The first-order chi connectivity index (χ1) is 11.1. The van der Waals surface area contributed by atoms with Crippen LogP contribution in [0.2, 0.25) is 0 Å². The third-order valence-electron chi connectivity index (χ3n) is 3.34. The third kappa shape index (κ3) is 3.97. The lowest BCUT2D eigenvalue weighted by Gasteiger charge is -2.10. The summed E-state index contributed by atoms with van der Waals surface area (Å²) in [4.78, 5) is 11.9. The molecule has 1 N–H and O–H groups in total. The average Bonchev–Trinajstić information content (AvgIpc) is 2.54. The maximum absolute atomic E-state index is 13.5. The van der Waals surface area contributed by atoms with Crippen LogP contribution in [0.4, 0.5) is 8.78 Å². The van der Waals surface area contributed by atoms with Crippen molar-refractivity contribution < 1.29 is 23.0 Å². The van der Waals surface area contributed by atoms with Gasteiger partial charge in [0, 0.05) is 6.54 Å². The van der Waals surface area contributed by atoms with Gasteiger partial charge in [0.2, 0.25) is 0 Å². The van der Waals surface area contributed by atoms with E-state index in [1.807, 2.05) is 6.07 Å². The predicted molar refractivity (Wildman–Crippen MR) is 81.9 cm³/mol. The van der Waals surface area contributed by atoms with Crippen molar-refractivity contribution in [2.24, 2.45) is 0 Å². The van der Waals surface area contributed by atoms with Gasteiger partial charge in [-0.05, 0) is 36.2 Å². The Hall–Kier alpha value is -2.63. The topological polar surface area (TPSA) is 47.6 Å². The van der Waals surface area contributed by atoms with Gasteiger partial charge in [-0.25, -0.2) is 8.78 Å². The van der Waals surface area contributed by atoms with E-state index in [9.17, 15) is 13.6 Å². The Labute approximate surface area is 133 Å². The van der Waals surface area contributed by atoms with Crippen LogP contribution < -0.4 is 14.8 Å². The number of ether oxygens (including phenoxy) is 2. The highest BCUT2D eigenvalue weighted by Crippen LogP contribution is 2.27. The molecule has 0 spiro atoms. The molecule has 0 radical (unpaired) electrons. The van der Waals surface area contributed by atoms with E-state index in [2.05, 4.69) is 5.32 Å². The number of hydrogen-bond acceptors (Lipinski definition) is 3. The van der Waals surface area contributed by atoms with Gasteiger partial charge in [-0.2, -0.15) is 0 Å². The highest BCUT2D eigenvalue weighted by atomic mass is 19.1. The van der Waals surface area contributed by atoms with Crippen molar-refractivity contribution in [2.75, 3.05) is 20.8 Å². The summed E-state index contributed by atoms with van der Waals surface area (Å²) in [5.41, 5.74) is 0.330. The molecule has 0 heterocycles. The largest absolute Gasteiger partial charge is 0.493 e. The van der Waals surface area contributed by atoms with E-state index in [4.69, 9.17) is 9.47 Å². The first-order valence-electron chi connectivity index (χ1n) is 7.00. The van der Waals surface area contributed by atoms with Crippen molar-refractivity contribution in [1.82, 2.24) is 5.32 Å². The molecule has 6 heteroatoms. The molecule has 0 saturated heterocycles. The van der Waals surface area contributed by atoms with Gasteiger partial charge in [-0.1, -0.05) is 12.1 Å². The van der Waals surface area contributed by atoms with Crippen molar-refractivity contribution in [1.29, 1.82) is 0 Å². The van der Waals surface area contributed by atoms with E-state index in [1.54, 1.807) is 19.2 Å². The Morgan fingerprint density at radius 2 is 1.70 bits per heavy atom. The Balaban J connectivity index is 1.98. The second-order valence-corrected chi connectivity index (χ2v) is 4.79. The predicted octanol–water partition coefficient (Wildman–Crippen LogP) is 2.95. The van der Waals surface area contributed by atoms with Gasteiger partial charge in [0.25, 0.3) is 5.91 Å². The number of benzene rings is 2. The highest BCUT2D eigenvalue weighted by Gasteiger charge is 2.16. The Bertz CT molecular complexity index is 684. The fourth-order valence-electron chi connectivity index (χ4n) is 2.16. The quantitative estimate of drug-likeness (QED) is 0.890. The zero-order valence-corrected chi connectivity index (χ0v) is 12.9. The molecule has 0 bridgehead atoms. The molecule has 2 aromatic rings. The molecule has 0 fully saturated rings. The second kappa shape index (κ2) is 7.58. The number of carbonyl (C=O) groups excluding carboxylic acids is 1. The van der Waals surface area contributed by atoms with Crippen LogP contribution in [0.1, 0.15) is 15.9 Å². The molecule has 0 saturated carbocycles. The molecule has 0 aliphatic heterocycles. The number of methoxy groups -OCH3 is 2. The van der Waals surface area contributed by atoms with Crippen molar-refractivity contribution in [3.63, 3.8) is 0 Å². The molecule has 0 atom stereocenters. The second-order valence-electron chi connectivity index (χ2n) is 4.79. The lowest BCUT2D eigenvalue weighted by molar-refractivity contribution is 0.0945. The normalized spacial score (nSPS) is 10.3. The van der Waals surface area contributed by atoms with Crippen LogP contribution >= 0.6 is 0 Å². The van der Waals surface area contributed by atoms with E-state index in [0.29, 0.717) is 17.9 Å². The number of nitrogens with one attached hydrogen (secondary N) is 1. The number of rotatable bonds is 6. The number of carbonyl (C=O) groups is 1. The fourth-order valence-corrected chi connectivity index (χ4v) is 2.16. The van der Waals surface area contributed by atoms with Gasteiger partial charge in [0.1, 0.15) is 17.2 Å². The molecular weight excluding hydrogens is 304 g/mol. The summed E-state index contributed by atoms with van der Waals surface area (Å²) < 4.78 is 37.3. The average molecular weight is 321 g/mol. The van der Waals surface area contributed by atoms with E-state index < -0.39 is 23.1 Å². The molecule has 0 aliphatic carbocycles. The zero-order chi connectivity index (χ0) is 16.8. The van der Waals surface area contributed by atoms with E-state index in [-0.39, 0.29) is 6.54 Å². The van der Waals surface area contributed by atoms with Gasteiger partial charge in [-0.15, -0.1) is 0 Å². The van der Waals surface area contributed by atoms with Crippen LogP contribution in [0.3, 0.4) is 0 Å². The van der Waals surface area contributed by atoms with E-state index >= 15 is 0 Å². The Kier molecular flexibility index (Phi) is 5.51. The molecule has 2 rings (SSSR count). The summed E-state index contributed by atoms with van der Waals surface area (Å²) in [6.07, 6.45) is 0.488. The standard InChI is InChI=1S/C17H17F2NO3/c1-22-14-7-6-11(10-15(14)23-2)8-9-20-17(21)16-12(18)4-3-5-13(16)19/h3-7,10H,8-9H2,1-2H3,(H,20,21). The highest BCUT2D eigenvalue weighted by molar-refractivity contribution is 5.94. The van der Waals surface area contributed by atoms with Crippen LogP contribution in [-0.4, -0.2) is 26.7 Å². The number of hydrogen-bond donors (Lipinski definition) is 1. The molecule has 0 unspecified atom stereocenters. The van der Waals surface area contributed by atoms with Crippen LogP contribution in [-0.2, 0) is 6.42 Å². The van der Waals surface area contributed by atoms with Gasteiger partial charge < -0.3 is 14.8 Å². The molecule has 1 amide bonds. The fraction of sp³-hybridized carbons (Fsp3) is 0.235. The van der Waals surface area contributed by atoms with Gasteiger partial charge in [0.15, 0.2) is 11.5 Å². The summed E-state index contributed by atoms with van der Waals surface area (Å²) in [6, 6.07) is 8.68. The van der Waals surface area contributed by atoms with Crippen molar-refractivity contribution in [3.05, 3.63) is 59.2 Å². The SMILES string of the molecule is COc1ccc(CCNC(=O)c2c(F)cccc2F)cc1OC. The summed E-state index contributed by atoms with van der Waals surface area (Å²) >= 11 is 0. The molecule has 122 valence electrons. The van der Waals surface area contributed by atoms with Crippen LogP contribution in [0, 0.1) is 11.6 Å². The molecule has 0 aliphatic rings. The minimum absolute atomic E-state index is 0.238. The molecule has 23 heavy (non-hydrogen) atoms. The smallest absolute Gasteiger partial charge is 0.257 e. The lowest BCUT2D eigenvalue weighted by atomic mass is 10.1. The van der Waals surface area contributed by atoms with Crippen LogP contribution in [0.15, 0.2) is 36.4 Å². The Morgan fingerprint density at radius 1 is 1.04 bits per heavy atom. The summed E-state index contributed by atoms with van der Waals surface area (Å²) in [5.74, 6) is -1.35. The first-order valence-corrected chi connectivity index (χ1v) is 7.00. The molecular formula is C17H17F2NO3. The molecule has 0 aromatic heterocycles. The molecule has 4 nitrogen and oxygen atoms in total. The van der Waals surface area contributed by atoms with Crippen LogP contribution in [0.5, 0.6) is 11.5 Å². The zero-order valence-electron chi connectivity index (χ0n) is 12.9. The third-order valence-corrected chi connectivity index (χ3v) is 3.34. The number of halogens is 2. The Morgan fingerprint density at radius 3 is 2.30 bits per heavy atom. The summed E-state index contributed by atoms with van der Waals surface area (Å²) in [6.45, 7) is 0.238. The number of amides is 1. The van der Waals surface area contributed by atoms with Gasteiger partial charge >= 0.3 is 0 Å². The van der Waals surface area contributed by atoms with Gasteiger partial charge in [0.05, 0.1) is 14.2 Å². The van der Waals surface area contributed by atoms with Gasteiger partial charge in [-0.3, -0.25) is 4.79 Å². The summed E-state index contributed by atoms with van der Waals surface area (Å²) in [7, 11) is 3.07. The van der Waals surface area contributed by atoms with E-state index in [1.165, 1.54) is 13.2 Å². The lowest BCUT2D eigenvalue weighted by Crippen LogP contribution is -2.27. The monoisotopic (exact) mass is 321 g/mol. The van der Waals surface area contributed by atoms with Crippen molar-refractivity contribution in [3.8, 4) is 11.5 Å². The minimum atomic E-state index is -0.881.